The summed E-state index contributed by atoms with van der Waals surface area (Å²) in [5, 5.41) is 14.3. The van der Waals surface area contributed by atoms with Crippen LogP contribution < -0.4 is 10.9 Å². The standard InChI is InChI=1S/C24H28N6O2S2/c1-5-10-19-13-17(14-33-19)22-26-27-24(29(22)6-2)34-15-20(31)25-21-16(3)28(4)30(23(21)32)18-11-8-7-9-12-18/h7-9,11-14H,5-6,10,15H2,1-4H3,(H,25,31). The largest absolute Gasteiger partial charge is 0.319 e. The van der Waals surface area contributed by atoms with Gasteiger partial charge in [-0.2, -0.15) is 0 Å². The first-order valence-electron chi connectivity index (χ1n) is 11.2. The lowest BCUT2D eigenvalue weighted by molar-refractivity contribution is -0.113. The molecule has 0 atom stereocenters. The van der Waals surface area contributed by atoms with E-state index >= 15 is 0 Å². The molecule has 1 amide bonds. The Morgan fingerprint density at radius 3 is 2.65 bits per heavy atom. The fourth-order valence-corrected chi connectivity index (χ4v) is 5.56. The second-order valence-electron chi connectivity index (χ2n) is 7.88. The van der Waals surface area contributed by atoms with Gasteiger partial charge in [0.25, 0.3) is 5.56 Å². The third kappa shape index (κ3) is 4.74. The van der Waals surface area contributed by atoms with Crippen molar-refractivity contribution in [3.05, 3.63) is 62.7 Å². The van der Waals surface area contributed by atoms with E-state index in [9.17, 15) is 9.59 Å². The van der Waals surface area contributed by atoms with Crippen LogP contribution in [0.2, 0.25) is 0 Å². The molecule has 0 saturated heterocycles. The predicted octanol–water partition coefficient (Wildman–Crippen LogP) is 4.51. The molecule has 10 heteroatoms. The Labute approximate surface area is 206 Å². The van der Waals surface area contributed by atoms with Crippen molar-refractivity contribution in [3.8, 4) is 17.1 Å². The molecule has 0 radical (unpaired) electrons. The molecule has 0 saturated carbocycles. The van der Waals surface area contributed by atoms with Gasteiger partial charge in [-0.1, -0.05) is 43.3 Å². The van der Waals surface area contributed by atoms with Gasteiger partial charge in [0.15, 0.2) is 11.0 Å². The first-order chi connectivity index (χ1) is 16.4. The van der Waals surface area contributed by atoms with Crippen LogP contribution in [0.15, 0.2) is 51.7 Å². The highest BCUT2D eigenvalue weighted by molar-refractivity contribution is 7.99. The normalized spacial score (nSPS) is 11.2. The van der Waals surface area contributed by atoms with Crippen molar-refractivity contribution < 1.29 is 4.79 Å². The van der Waals surface area contributed by atoms with E-state index in [4.69, 9.17) is 0 Å². The summed E-state index contributed by atoms with van der Waals surface area (Å²) in [4.78, 5) is 27.1. The zero-order valence-electron chi connectivity index (χ0n) is 19.7. The van der Waals surface area contributed by atoms with Crippen LogP contribution in [0.1, 0.15) is 30.8 Å². The molecule has 0 spiro atoms. The van der Waals surface area contributed by atoms with Crippen LogP contribution in [-0.2, 0) is 24.8 Å². The topological polar surface area (TPSA) is 86.7 Å². The summed E-state index contributed by atoms with van der Waals surface area (Å²) in [7, 11) is 1.80. The molecular formula is C24H28N6O2S2. The van der Waals surface area contributed by atoms with E-state index in [1.54, 1.807) is 27.7 Å². The quantitative estimate of drug-likeness (QED) is 0.345. The maximum atomic E-state index is 13.0. The molecule has 1 aromatic carbocycles. The van der Waals surface area contributed by atoms with Gasteiger partial charge in [0.2, 0.25) is 5.91 Å². The molecule has 3 heterocycles. The van der Waals surface area contributed by atoms with Crippen LogP contribution in [0.3, 0.4) is 0 Å². The molecule has 178 valence electrons. The first kappa shape index (κ1) is 24.0. The van der Waals surface area contributed by atoms with E-state index in [0.29, 0.717) is 17.4 Å². The number of aromatic nitrogens is 5. The van der Waals surface area contributed by atoms with E-state index in [1.165, 1.54) is 16.6 Å². The van der Waals surface area contributed by atoms with Crippen LogP contribution in [0.25, 0.3) is 17.1 Å². The number of aryl methyl sites for hydroxylation is 1. The molecule has 8 nitrogen and oxygen atoms in total. The van der Waals surface area contributed by atoms with Gasteiger partial charge >= 0.3 is 0 Å². The SMILES string of the molecule is CCCc1cc(-c2nnc(SCC(=O)Nc3c(C)n(C)n(-c4ccccc4)c3=O)n2CC)cs1. The molecule has 0 aliphatic rings. The van der Waals surface area contributed by atoms with Crippen molar-refractivity contribution in [2.24, 2.45) is 7.05 Å². The Bertz CT molecular complexity index is 1350. The van der Waals surface area contributed by atoms with E-state index in [2.05, 4.69) is 33.9 Å². The highest BCUT2D eigenvalue weighted by atomic mass is 32.2. The number of amides is 1. The molecule has 4 rings (SSSR count). The van der Waals surface area contributed by atoms with E-state index < -0.39 is 0 Å². The van der Waals surface area contributed by atoms with Gasteiger partial charge in [0.1, 0.15) is 5.69 Å². The minimum absolute atomic E-state index is 0.127. The van der Waals surface area contributed by atoms with E-state index in [-0.39, 0.29) is 22.9 Å². The summed E-state index contributed by atoms with van der Waals surface area (Å²) >= 11 is 3.05. The van der Waals surface area contributed by atoms with Crippen LogP contribution in [0.5, 0.6) is 0 Å². The third-order valence-corrected chi connectivity index (χ3v) is 7.56. The Morgan fingerprint density at radius 1 is 1.18 bits per heavy atom. The number of nitrogens with zero attached hydrogens (tertiary/aromatic N) is 5. The average molecular weight is 497 g/mol. The van der Waals surface area contributed by atoms with Crippen molar-refractivity contribution in [1.29, 1.82) is 0 Å². The Hall–Kier alpha value is -3.11. The van der Waals surface area contributed by atoms with E-state index in [0.717, 1.165) is 29.9 Å². The number of benzene rings is 1. The van der Waals surface area contributed by atoms with Gasteiger partial charge < -0.3 is 9.88 Å². The fourth-order valence-electron chi connectivity index (χ4n) is 3.79. The van der Waals surface area contributed by atoms with Crippen molar-refractivity contribution >= 4 is 34.7 Å². The maximum absolute atomic E-state index is 13.0. The smallest absolute Gasteiger partial charge is 0.295 e. The highest BCUT2D eigenvalue weighted by Gasteiger charge is 2.20. The Balaban J connectivity index is 1.48. The molecular weight excluding hydrogens is 468 g/mol. The van der Waals surface area contributed by atoms with Gasteiger partial charge in [-0.25, -0.2) is 4.68 Å². The summed E-state index contributed by atoms with van der Waals surface area (Å²) < 4.78 is 5.31. The lowest BCUT2D eigenvalue weighted by Gasteiger charge is -2.07. The average Bonchev–Trinajstić information content (AvgIpc) is 3.52. The molecule has 0 aliphatic carbocycles. The number of thiophene rings is 1. The summed E-state index contributed by atoms with van der Waals surface area (Å²) in [6.07, 6.45) is 2.16. The summed E-state index contributed by atoms with van der Waals surface area (Å²) in [6.45, 7) is 6.72. The summed E-state index contributed by atoms with van der Waals surface area (Å²) in [5.41, 5.74) is 2.51. The minimum Gasteiger partial charge on any atom is -0.319 e. The minimum atomic E-state index is -0.260. The molecule has 0 unspecified atom stereocenters. The second-order valence-corrected chi connectivity index (χ2v) is 9.81. The van der Waals surface area contributed by atoms with Crippen LogP contribution in [0, 0.1) is 6.92 Å². The maximum Gasteiger partial charge on any atom is 0.295 e. The fraction of sp³-hybridized carbons (Fsp3) is 0.333. The molecule has 34 heavy (non-hydrogen) atoms. The number of carbonyl (C=O) groups is 1. The molecule has 3 aromatic heterocycles. The highest BCUT2D eigenvalue weighted by Crippen LogP contribution is 2.28. The van der Waals surface area contributed by atoms with Crippen LogP contribution >= 0.6 is 23.1 Å². The summed E-state index contributed by atoms with van der Waals surface area (Å²) in [5.74, 6) is 0.680. The van der Waals surface area contributed by atoms with Crippen molar-refractivity contribution in [3.63, 3.8) is 0 Å². The van der Waals surface area contributed by atoms with Gasteiger partial charge in [-0.15, -0.1) is 21.5 Å². The van der Waals surface area contributed by atoms with Crippen molar-refractivity contribution in [2.45, 2.75) is 45.3 Å². The Morgan fingerprint density at radius 2 is 1.94 bits per heavy atom. The van der Waals surface area contributed by atoms with Gasteiger partial charge in [0, 0.05) is 29.4 Å². The first-order valence-corrected chi connectivity index (χ1v) is 13.1. The number of carbonyl (C=O) groups excluding carboxylic acids is 1. The number of para-hydroxylation sites is 1. The van der Waals surface area contributed by atoms with Gasteiger partial charge in [0.05, 0.1) is 17.1 Å². The predicted molar refractivity (Wildman–Crippen MR) is 138 cm³/mol. The zero-order chi connectivity index (χ0) is 24.2. The lowest BCUT2D eigenvalue weighted by atomic mass is 10.2. The molecule has 4 aromatic rings. The Kier molecular flexibility index (Phi) is 7.38. The number of rotatable bonds is 9. The summed E-state index contributed by atoms with van der Waals surface area (Å²) in [6, 6.07) is 11.5. The number of anilines is 1. The molecule has 0 fully saturated rings. The lowest BCUT2D eigenvalue weighted by Crippen LogP contribution is -2.23. The second kappa shape index (κ2) is 10.4. The van der Waals surface area contributed by atoms with Gasteiger partial charge in [-0.05, 0) is 38.5 Å². The monoisotopic (exact) mass is 496 g/mol. The number of thioether (sulfide) groups is 1. The zero-order valence-corrected chi connectivity index (χ0v) is 21.4. The third-order valence-electron chi connectivity index (χ3n) is 5.59. The molecule has 0 aliphatic heterocycles. The molecule has 1 N–H and O–H groups in total. The van der Waals surface area contributed by atoms with Crippen LogP contribution in [-0.4, -0.2) is 35.8 Å². The van der Waals surface area contributed by atoms with Crippen molar-refractivity contribution in [1.82, 2.24) is 24.1 Å². The molecule has 0 bridgehead atoms. The van der Waals surface area contributed by atoms with Crippen molar-refractivity contribution in [2.75, 3.05) is 11.1 Å². The number of nitrogens with one attached hydrogen (secondary N) is 1. The number of hydrogen-bond acceptors (Lipinski definition) is 6. The van der Waals surface area contributed by atoms with Crippen LogP contribution in [0.4, 0.5) is 5.69 Å². The van der Waals surface area contributed by atoms with Gasteiger partial charge in [-0.3, -0.25) is 14.3 Å². The number of hydrogen-bond donors (Lipinski definition) is 1. The van der Waals surface area contributed by atoms with E-state index in [1.807, 2.05) is 48.7 Å².